The average molecular weight is 402 g/mol. The third-order valence-corrected chi connectivity index (χ3v) is 6.70. The first-order valence-electron chi connectivity index (χ1n) is 9.81. The summed E-state index contributed by atoms with van der Waals surface area (Å²) in [4.78, 5) is 15.4. The molecule has 2 aromatic rings. The van der Waals surface area contributed by atoms with Crippen LogP contribution in [0.25, 0.3) is 11.1 Å². The summed E-state index contributed by atoms with van der Waals surface area (Å²) in [5, 5.41) is 5.18. The first-order chi connectivity index (χ1) is 13.2. The lowest BCUT2D eigenvalue weighted by Crippen LogP contribution is -2.48. The lowest BCUT2D eigenvalue weighted by Gasteiger charge is -2.43. The first-order valence-corrected chi connectivity index (χ1v) is 11.4. The molecule has 0 saturated carbocycles. The standard InChI is InChI=1S/C21H27N3O3S/c1-14(2)10-23-11-15-7-18(13-23)20-8-17(9-21(25)24(20)12-15)16-3-5-19(6-4-16)28(22,26)27/h3-6,8-9,14-15,18H,7,10-13H2,1-2H3,(H2,22,26,27)/t15-,18+/m0/s1. The molecule has 0 radical (unpaired) electrons. The molecule has 2 aliphatic rings. The molecule has 1 fully saturated rings. The number of rotatable bonds is 4. The van der Waals surface area contributed by atoms with Crippen LogP contribution in [0.5, 0.6) is 0 Å². The number of piperidine rings is 1. The molecule has 2 bridgehead atoms. The predicted octanol–water partition coefficient (Wildman–Crippen LogP) is 2.24. The SMILES string of the molecule is CC(C)CN1C[C@@H]2C[C@H](C1)c1cc(-c3ccc(S(N)(=O)=O)cc3)cc(=O)n1C2. The van der Waals surface area contributed by atoms with E-state index < -0.39 is 10.0 Å². The van der Waals surface area contributed by atoms with Crippen molar-refractivity contribution >= 4 is 10.0 Å². The van der Waals surface area contributed by atoms with Crippen LogP contribution in [0.2, 0.25) is 0 Å². The van der Waals surface area contributed by atoms with Crippen molar-refractivity contribution < 1.29 is 8.42 Å². The minimum absolute atomic E-state index is 0.0232. The number of sulfonamides is 1. The van der Waals surface area contributed by atoms with Crippen LogP contribution in [0.15, 0.2) is 46.1 Å². The molecule has 2 atom stereocenters. The summed E-state index contributed by atoms with van der Waals surface area (Å²) in [5.41, 5.74) is 2.78. The van der Waals surface area contributed by atoms with E-state index in [1.807, 2.05) is 4.57 Å². The molecule has 4 rings (SSSR count). The maximum Gasteiger partial charge on any atom is 0.251 e. The number of primary sulfonamides is 1. The highest BCUT2D eigenvalue weighted by molar-refractivity contribution is 7.89. The highest BCUT2D eigenvalue weighted by Crippen LogP contribution is 2.36. The van der Waals surface area contributed by atoms with Crippen LogP contribution in [-0.4, -0.2) is 37.5 Å². The summed E-state index contributed by atoms with van der Waals surface area (Å²) in [6.45, 7) is 8.41. The van der Waals surface area contributed by atoms with Gasteiger partial charge in [0.05, 0.1) is 4.90 Å². The van der Waals surface area contributed by atoms with Crippen LogP contribution >= 0.6 is 0 Å². The zero-order chi connectivity index (χ0) is 20.1. The van der Waals surface area contributed by atoms with Gasteiger partial charge in [0.15, 0.2) is 0 Å². The van der Waals surface area contributed by atoms with E-state index in [-0.39, 0.29) is 10.5 Å². The van der Waals surface area contributed by atoms with Gasteiger partial charge in [-0.25, -0.2) is 13.6 Å². The monoisotopic (exact) mass is 401 g/mol. The smallest absolute Gasteiger partial charge is 0.251 e. The van der Waals surface area contributed by atoms with E-state index in [0.29, 0.717) is 17.8 Å². The van der Waals surface area contributed by atoms with Gasteiger partial charge < -0.3 is 9.47 Å². The van der Waals surface area contributed by atoms with Crippen molar-refractivity contribution in [2.24, 2.45) is 17.0 Å². The number of pyridine rings is 1. The van der Waals surface area contributed by atoms with Crippen molar-refractivity contribution in [2.45, 2.75) is 37.6 Å². The Morgan fingerprint density at radius 3 is 2.43 bits per heavy atom. The lowest BCUT2D eigenvalue weighted by atomic mass is 9.82. The van der Waals surface area contributed by atoms with Crippen LogP contribution in [-0.2, 0) is 16.6 Å². The van der Waals surface area contributed by atoms with Gasteiger partial charge in [-0.15, -0.1) is 0 Å². The van der Waals surface area contributed by atoms with Gasteiger partial charge in [-0.3, -0.25) is 4.79 Å². The molecule has 7 heteroatoms. The second-order valence-corrected chi connectivity index (χ2v) is 10.2. The van der Waals surface area contributed by atoms with Crippen molar-refractivity contribution in [3.8, 4) is 11.1 Å². The topological polar surface area (TPSA) is 85.4 Å². The fourth-order valence-corrected chi connectivity index (χ4v) is 5.24. The van der Waals surface area contributed by atoms with Crippen molar-refractivity contribution in [1.82, 2.24) is 9.47 Å². The molecule has 0 aliphatic carbocycles. The molecular formula is C21H27N3O3S. The number of hydrogen-bond acceptors (Lipinski definition) is 4. The third-order valence-electron chi connectivity index (χ3n) is 5.77. The highest BCUT2D eigenvalue weighted by Gasteiger charge is 2.34. The quantitative estimate of drug-likeness (QED) is 0.851. The van der Waals surface area contributed by atoms with Gasteiger partial charge in [-0.05, 0) is 47.6 Å². The Hall–Kier alpha value is -1.96. The number of nitrogens with two attached hydrogens (primary N) is 1. The molecule has 0 amide bonds. The highest BCUT2D eigenvalue weighted by atomic mass is 32.2. The van der Waals surface area contributed by atoms with E-state index in [1.54, 1.807) is 18.2 Å². The summed E-state index contributed by atoms with van der Waals surface area (Å²) in [5.74, 6) is 1.52. The largest absolute Gasteiger partial charge is 0.312 e. The van der Waals surface area contributed by atoms with Gasteiger partial charge in [-0.1, -0.05) is 26.0 Å². The normalized spacial score (nSPS) is 22.3. The van der Waals surface area contributed by atoms with E-state index in [9.17, 15) is 13.2 Å². The zero-order valence-electron chi connectivity index (χ0n) is 16.3. The first kappa shape index (κ1) is 19.4. The summed E-state index contributed by atoms with van der Waals surface area (Å²) in [6, 6.07) is 10.2. The fraction of sp³-hybridized carbons (Fsp3) is 0.476. The van der Waals surface area contributed by atoms with Crippen LogP contribution < -0.4 is 10.7 Å². The van der Waals surface area contributed by atoms with Gasteiger partial charge in [0.2, 0.25) is 10.0 Å². The molecule has 0 spiro atoms. The Morgan fingerprint density at radius 2 is 1.79 bits per heavy atom. The Bertz CT molecular complexity index is 1040. The van der Waals surface area contributed by atoms with Gasteiger partial charge in [-0.2, -0.15) is 0 Å². The van der Waals surface area contributed by atoms with Crippen molar-refractivity contribution in [2.75, 3.05) is 19.6 Å². The van der Waals surface area contributed by atoms with E-state index in [1.165, 1.54) is 12.1 Å². The molecule has 0 unspecified atom stereocenters. The van der Waals surface area contributed by atoms with E-state index in [2.05, 4.69) is 24.8 Å². The third kappa shape index (κ3) is 3.79. The molecule has 1 aromatic heterocycles. The van der Waals surface area contributed by atoms with Crippen molar-refractivity contribution in [1.29, 1.82) is 0 Å². The van der Waals surface area contributed by atoms with Crippen LogP contribution in [0, 0.1) is 11.8 Å². The minimum atomic E-state index is -3.72. The average Bonchev–Trinajstić information content (AvgIpc) is 2.61. The van der Waals surface area contributed by atoms with Crippen LogP contribution in [0.4, 0.5) is 0 Å². The molecule has 28 heavy (non-hydrogen) atoms. The maximum absolute atomic E-state index is 12.8. The number of hydrogen-bond donors (Lipinski definition) is 1. The number of fused-ring (bicyclic) bond motifs is 4. The van der Waals surface area contributed by atoms with Crippen molar-refractivity contribution in [3.05, 3.63) is 52.4 Å². The maximum atomic E-state index is 12.8. The predicted molar refractivity (Wildman–Crippen MR) is 110 cm³/mol. The summed E-state index contributed by atoms with van der Waals surface area (Å²) in [6.07, 6.45) is 1.13. The lowest BCUT2D eigenvalue weighted by molar-refractivity contribution is 0.109. The summed E-state index contributed by atoms with van der Waals surface area (Å²) < 4.78 is 24.9. The molecule has 2 aliphatic heterocycles. The van der Waals surface area contributed by atoms with Gasteiger partial charge in [0.1, 0.15) is 0 Å². The summed E-state index contributed by atoms with van der Waals surface area (Å²) in [7, 11) is -3.72. The Labute approximate surface area is 166 Å². The van der Waals surface area contributed by atoms with E-state index in [0.717, 1.165) is 49.4 Å². The molecular weight excluding hydrogens is 374 g/mol. The Morgan fingerprint density at radius 1 is 1.07 bits per heavy atom. The summed E-state index contributed by atoms with van der Waals surface area (Å²) >= 11 is 0. The van der Waals surface area contributed by atoms with Crippen LogP contribution in [0.1, 0.15) is 31.9 Å². The second kappa shape index (κ2) is 7.13. The van der Waals surface area contributed by atoms with Gasteiger partial charge >= 0.3 is 0 Å². The van der Waals surface area contributed by atoms with Crippen LogP contribution in [0.3, 0.4) is 0 Å². The van der Waals surface area contributed by atoms with Crippen molar-refractivity contribution in [3.63, 3.8) is 0 Å². The zero-order valence-corrected chi connectivity index (χ0v) is 17.2. The fourth-order valence-electron chi connectivity index (χ4n) is 4.73. The number of nitrogens with zero attached hydrogens (tertiary/aromatic N) is 2. The van der Waals surface area contributed by atoms with E-state index >= 15 is 0 Å². The molecule has 2 N–H and O–H groups in total. The molecule has 1 aromatic carbocycles. The molecule has 150 valence electrons. The molecule has 6 nitrogen and oxygen atoms in total. The van der Waals surface area contributed by atoms with Gasteiger partial charge in [0.25, 0.3) is 5.56 Å². The Balaban J connectivity index is 1.69. The van der Waals surface area contributed by atoms with E-state index in [4.69, 9.17) is 5.14 Å². The van der Waals surface area contributed by atoms with Gasteiger partial charge in [0, 0.05) is 43.9 Å². The number of benzene rings is 1. The number of likely N-dealkylation sites (tertiary alicyclic amines) is 1. The molecule has 3 heterocycles. The second-order valence-electron chi connectivity index (χ2n) is 8.60. The molecule has 1 saturated heterocycles. The minimum Gasteiger partial charge on any atom is -0.312 e. The number of aromatic nitrogens is 1. The Kier molecular flexibility index (Phi) is 4.93.